The van der Waals surface area contributed by atoms with Gasteiger partial charge in [-0.2, -0.15) is 5.10 Å². The predicted molar refractivity (Wildman–Crippen MR) is 50.6 cm³/mol. The van der Waals surface area contributed by atoms with E-state index >= 15 is 0 Å². The third kappa shape index (κ3) is 1.18. The number of rotatable bonds is 2. The minimum atomic E-state index is -0.0835. The Balaban J connectivity index is 2.36. The molecule has 14 heavy (non-hydrogen) atoms. The molecule has 2 aromatic rings. The molecule has 0 fully saturated rings. The molecule has 0 aliphatic rings. The summed E-state index contributed by atoms with van der Waals surface area (Å²) in [6.45, 7) is 1.92. The Hall–Kier alpha value is -2.05. The summed E-state index contributed by atoms with van der Waals surface area (Å²) >= 11 is 0. The predicted octanol–water partition coefficient (Wildman–Crippen LogP) is -0.620. The number of anilines is 1. The van der Waals surface area contributed by atoms with Crippen LogP contribution in [0.1, 0.15) is 18.8 Å². The van der Waals surface area contributed by atoms with Gasteiger partial charge in [-0.1, -0.05) is 0 Å². The quantitative estimate of drug-likeness (QED) is 0.619. The first-order valence-electron chi connectivity index (χ1n) is 4.15. The number of aromatic nitrogens is 5. The van der Waals surface area contributed by atoms with E-state index < -0.39 is 0 Å². The highest BCUT2D eigenvalue weighted by Gasteiger charge is 2.16. The molecule has 2 rings (SSSR count). The van der Waals surface area contributed by atoms with Gasteiger partial charge in [0, 0.05) is 12.4 Å². The lowest BCUT2D eigenvalue weighted by Crippen LogP contribution is -2.20. The Bertz CT molecular complexity index is 415. The molecular formula is C7H11N7. The van der Waals surface area contributed by atoms with E-state index in [2.05, 4.69) is 15.3 Å². The van der Waals surface area contributed by atoms with Crippen LogP contribution in [0, 0.1) is 0 Å². The molecule has 1 unspecified atom stereocenters. The van der Waals surface area contributed by atoms with Crippen molar-refractivity contribution in [3.05, 3.63) is 24.3 Å². The van der Waals surface area contributed by atoms with Crippen molar-refractivity contribution < 1.29 is 0 Å². The minimum absolute atomic E-state index is 0.0835. The third-order valence-corrected chi connectivity index (χ3v) is 2.04. The zero-order chi connectivity index (χ0) is 10.1. The van der Waals surface area contributed by atoms with Crippen LogP contribution in [-0.4, -0.2) is 24.7 Å². The topological polar surface area (TPSA) is 101 Å². The first-order valence-corrected chi connectivity index (χ1v) is 4.15. The van der Waals surface area contributed by atoms with Gasteiger partial charge in [-0.15, -0.1) is 10.2 Å². The van der Waals surface area contributed by atoms with E-state index in [1.165, 1.54) is 4.68 Å². The number of nitrogens with two attached hydrogens (primary N) is 2. The Morgan fingerprint density at radius 2 is 2.21 bits per heavy atom. The van der Waals surface area contributed by atoms with E-state index in [-0.39, 0.29) is 12.0 Å². The highest BCUT2D eigenvalue weighted by atomic mass is 15.5. The summed E-state index contributed by atoms with van der Waals surface area (Å²) in [5.41, 5.74) is 5.47. The second-order valence-corrected chi connectivity index (χ2v) is 2.95. The third-order valence-electron chi connectivity index (χ3n) is 2.04. The van der Waals surface area contributed by atoms with Gasteiger partial charge in [0.25, 0.3) is 0 Å². The van der Waals surface area contributed by atoms with Gasteiger partial charge in [-0.05, 0) is 13.0 Å². The zero-order valence-corrected chi connectivity index (χ0v) is 7.70. The first kappa shape index (κ1) is 8.54. The van der Waals surface area contributed by atoms with Crippen molar-refractivity contribution in [2.24, 2.45) is 0 Å². The molecule has 7 nitrogen and oxygen atoms in total. The van der Waals surface area contributed by atoms with E-state index in [1.54, 1.807) is 10.9 Å². The summed E-state index contributed by atoms with van der Waals surface area (Å²) in [6, 6.07) is 1.75. The van der Waals surface area contributed by atoms with Crippen LogP contribution < -0.4 is 11.6 Å². The highest BCUT2D eigenvalue weighted by Crippen LogP contribution is 2.13. The van der Waals surface area contributed by atoms with Gasteiger partial charge in [0.1, 0.15) is 6.04 Å². The van der Waals surface area contributed by atoms with Crippen LogP contribution in [0.3, 0.4) is 0 Å². The molecular weight excluding hydrogens is 182 g/mol. The summed E-state index contributed by atoms with van der Waals surface area (Å²) in [6.07, 6.45) is 3.52. The summed E-state index contributed by atoms with van der Waals surface area (Å²) in [4.78, 5) is 0. The Kier molecular flexibility index (Phi) is 1.84. The zero-order valence-electron chi connectivity index (χ0n) is 7.70. The molecule has 1 atom stereocenters. The molecule has 0 aromatic carbocycles. The minimum Gasteiger partial charge on any atom is -0.366 e. The molecule has 4 N–H and O–H groups in total. The van der Waals surface area contributed by atoms with E-state index in [4.69, 9.17) is 11.6 Å². The molecule has 0 bridgehead atoms. The van der Waals surface area contributed by atoms with Gasteiger partial charge in [-0.3, -0.25) is 4.68 Å². The molecule has 2 heterocycles. The highest BCUT2D eigenvalue weighted by molar-refractivity contribution is 5.18. The van der Waals surface area contributed by atoms with Gasteiger partial charge in [0.2, 0.25) is 5.95 Å². The van der Waals surface area contributed by atoms with Gasteiger partial charge in [-0.25, -0.2) is 4.68 Å². The smallest absolute Gasteiger partial charge is 0.240 e. The van der Waals surface area contributed by atoms with Crippen LogP contribution in [-0.2, 0) is 0 Å². The molecule has 0 saturated heterocycles. The van der Waals surface area contributed by atoms with E-state index in [0.717, 1.165) is 0 Å². The van der Waals surface area contributed by atoms with Crippen LogP contribution in [0.2, 0.25) is 0 Å². The fraction of sp³-hybridized carbons (Fsp3) is 0.286. The Morgan fingerprint density at radius 1 is 1.43 bits per heavy atom. The second-order valence-electron chi connectivity index (χ2n) is 2.95. The summed E-state index contributed by atoms with van der Waals surface area (Å²) < 4.78 is 2.99. The molecule has 74 valence electrons. The lowest BCUT2D eigenvalue weighted by molar-refractivity contribution is 0.525. The van der Waals surface area contributed by atoms with Gasteiger partial charge in [0.05, 0.1) is 0 Å². The number of nitrogens with zero attached hydrogens (tertiary/aromatic N) is 5. The number of nitrogen functional groups attached to an aromatic ring is 2. The van der Waals surface area contributed by atoms with Crippen molar-refractivity contribution in [3.8, 4) is 0 Å². The van der Waals surface area contributed by atoms with Crippen molar-refractivity contribution in [3.63, 3.8) is 0 Å². The fourth-order valence-corrected chi connectivity index (χ4v) is 1.23. The lowest BCUT2D eigenvalue weighted by atomic mass is 10.3. The SMILES string of the molecule is CC(c1nnc(N)n1N)n1cccn1. The summed E-state index contributed by atoms with van der Waals surface area (Å²) in [5.74, 6) is 6.40. The van der Waals surface area contributed by atoms with Crippen molar-refractivity contribution in [1.29, 1.82) is 0 Å². The maximum atomic E-state index is 5.64. The van der Waals surface area contributed by atoms with Crippen LogP contribution in [0.5, 0.6) is 0 Å². The van der Waals surface area contributed by atoms with Crippen LogP contribution in [0.4, 0.5) is 5.95 Å². The van der Waals surface area contributed by atoms with Crippen LogP contribution >= 0.6 is 0 Å². The molecule has 0 saturated carbocycles. The van der Waals surface area contributed by atoms with E-state index in [0.29, 0.717) is 5.82 Å². The fourth-order valence-electron chi connectivity index (χ4n) is 1.23. The molecule has 2 aromatic heterocycles. The average molecular weight is 193 g/mol. The van der Waals surface area contributed by atoms with Crippen molar-refractivity contribution in [1.82, 2.24) is 24.7 Å². The summed E-state index contributed by atoms with van der Waals surface area (Å²) in [7, 11) is 0. The largest absolute Gasteiger partial charge is 0.366 e. The van der Waals surface area contributed by atoms with Crippen molar-refractivity contribution >= 4 is 5.95 Å². The lowest BCUT2D eigenvalue weighted by Gasteiger charge is -2.10. The van der Waals surface area contributed by atoms with Gasteiger partial charge in [0.15, 0.2) is 5.82 Å². The van der Waals surface area contributed by atoms with E-state index in [9.17, 15) is 0 Å². The molecule has 0 radical (unpaired) electrons. The molecule has 0 amide bonds. The van der Waals surface area contributed by atoms with Crippen LogP contribution in [0.25, 0.3) is 0 Å². The molecule has 7 heteroatoms. The van der Waals surface area contributed by atoms with Gasteiger partial charge >= 0.3 is 0 Å². The standard InChI is InChI=1S/C7H11N7/c1-5(13-4-2-3-10-13)6-11-12-7(8)14(6)9/h2-5H,9H2,1H3,(H2,8,12). The van der Waals surface area contributed by atoms with Crippen LogP contribution in [0.15, 0.2) is 18.5 Å². The molecule has 0 spiro atoms. The normalized spacial score (nSPS) is 12.9. The van der Waals surface area contributed by atoms with Gasteiger partial charge < -0.3 is 11.6 Å². The van der Waals surface area contributed by atoms with Crippen molar-refractivity contribution in [2.75, 3.05) is 11.6 Å². The molecule has 0 aliphatic heterocycles. The Morgan fingerprint density at radius 3 is 2.71 bits per heavy atom. The van der Waals surface area contributed by atoms with E-state index in [1.807, 2.05) is 19.2 Å². The number of hydrogen-bond acceptors (Lipinski definition) is 5. The maximum Gasteiger partial charge on any atom is 0.240 e. The van der Waals surface area contributed by atoms with Crippen molar-refractivity contribution in [2.45, 2.75) is 13.0 Å². The first-order chi connectivity index (χ1) is 6.70. The maximum absolute atomic E-state index is 5.64. The Labute approximate surface area is 80.3 Å². The number of hydrogen-bond donors (Lipinski definition) is 2. The summed E-state index contributed by atoms with van der Waals surface area (Å²) in [5, 5.41) is 11.6. The monoisotopic (exact) mass is 193 g/mol. The average Bonchev–Trinajstić information content (AvgIpc) is 2.77. The second kappa shape index (κ2) is 3.02. The molecule has 0 aliphatic carbocycles.